The second-order valence-electron chi connectivity index (χ2n) is 3.45. The minimum absolute atomic E-state index is 0.129. The second-order valence-corrected chi connectivity index (χ2v) is 3.45. The minimum atomic E-state index is -0.751. The zero-order chi connectivity index (χ0) is 12.6. The van der Waals surface area contributed by atoms with Crippen molar-refractivity contribution in [3.8, 4) is 0 Å². The van der Waals surface area contributed by atoms with Crippen LogP contribution in [-0.4, -0.2) is 23.1 Å². The topological polar surface area (TPSA) is 63.6 Å². The largest absolute Gasteiger partial charge is 0.481 e. The van der Waals surface area contributed by atoms with Crippen LogP contribution in [0.15, 0.2) is 25.8 Å². The first-order chi connectivity index (χ1) is 7.63. The van der Waals surface area contributed by atoms with Gasteiger partial charge in [0.05, 0.1) is 5.92 Å². The molecule has 0 unspecified atom stereocenters. The van der Waals surface area contributed by atoms with Crippen molar-refractivity contribution >= 4 is 11.9 Å². The van der Waals surface area contributed by atoms with E-state index in [0.717, 1.165) is 6.08 Å². The Labute approximate surface area is 95.6 Å². The molecule has 1 aliphatic carbocycles. The number of rotatable bonds is 3. The molecule has 0 spiro atoms. The Bertz CT molecular complexity index is 252. The van der Waals surface area contributed by atoms with E-state index < -0.39 is 11.9 Å². The standard InChI is InChI=1S/C10H14O4.C2H4/c1-2-9(11)14-8-5-3-7(4-6-8)10(12)13;1-2/h2,7-8H,1,3-6H2,(H,12,13);1-2H2. The molecule has 4 nitrogen and oxygen atoms in total. The van der Waals surface area contributed by atoms with Gasteiger partial charge in [0.15, 0.2) is 0 Å². The van der Waals surface area contributed by atoms with Crippen molar-refractivity contribution < 1.29 is 19.4 Å². The highest BCUT2D eigenvalue weighted by atomic mass is 16.5. The third-order valence-corrected chi connectivity index (χ3v) is 2.47. The monoisotopic (exact) mass is 226 g/mol. The number of ether oxygens (including phenoxy) is 1. The molecular weight excluding hydrogens is 208 g/mol. The molecule has 1 rings (SSSR count). The fourth-order valence-corrected chi connectivity index (χ4v) is 1.64. The molecule has 0 atom stereocenters. The van der Waals surface area contributed by atoms with Gasteiger partial charge in [0.25, 0.3) is 0 Å². The van der Waals surface area contributed by atoms with Gasteiger partial charge in [-0.3, -0.25) is 4.79 Å². The van der Waals surface area contributed by atoms with Crippen LogP contribution >= 0.6 is 0 Å². The van der Waals surface area contributed by atoms with E-state index in [2.05, 4.69) is 19.7 Å². The smallest absolute Gasteiger partial charge is 0.330 e. The number of hydrogen-bond donors (Lipinski definition) is 1. The van der Waals surface area contributed by atoms with Gasteiger partial charge in [-0.15, -0.1) is 13.2 Å². The molecule has 0 aromatic rings. The summed E-state index contributed by atoms with van der Waals surface area (Å²) in [5.41, 5.74) is 0. The van der Waals surface area contributed by atoms with Crippen LogP contribution in [0.4, 0.5) is 0 Å². The van der Waals surface area contributed by atoms with Crippen LogP contribution in [0.3, 0.4) is 0 Å². The molecule has 0 aromatic heterocycles. The first kappa shape index (κ1) is 14.4. The number of carbonyl (C=O) groups excluding carboxylic acids is 1. The molecule has 90 valence electrons. The lowest BCUT2D eigenvalue weighted by Crippen LogP contribution is -2.27. The van der Waals surface area contributed by atoms with Gasteiger partial charge >= 0.3 is 11.9 Å². The lowest BCUT2D eigenvalue weighted by atomic mass is 9.87. The molecule has 0 aliphatic heterocycles. The van der Waals surface area contributed by atoms with Crippen LogP contribution in [0.5, 0.6) is 0 Å². The third-order valence-electron chi connectivity index (χ3n) is 2.47. The number of hydrogen-bond acceptors (Lipinski definition) is 3. The Morgan fingerprint density at radius 2 is 1.69 bits per heavy atom. The summed E-state index contributed by atoms with van der Waals surface area (Å²) >= 11 is 0. The van der Waals surface area contributed by atoms with E-state index in [0.29, 0.717) is 25.7 Å². The normalized spacial score (nSPS) is 23.5. The van der Waals surface area contributed by atoms with Gasteiger partial charge in [0.1, 0.15) is 6.10 Å². The molecule has 0 amide bonds. The lowest BCUT2D eigenvalue weighted by Gasteiger charge is -2.25. The molecule has 1 fully saturated rings. The molecule has 0 aromatic carbocycles. The summed E-state index contributed by atoms with van der Waals surface area (Å²) in [6.07, 6.45) is 3.45. The van der Waals surface area contributed by atoms with Gasteiger partial charge < -0.3 is 9.84 Å². The van der Waals surface area contributed by atoms with E-state index >= 15 is 0 Å². The highest BCUT2D eigenvalue weighted by Crippen LogP contribution is 2.26. The molecule has 4 heteroatoms. The van der Waals surface area contributed by atoms with Crippen molar-refractivity contribution in [1.82, 2.24) is 0 Å². The average molecular weight is 226 g/mol. The van der Waals surface area contributed by atoms with Gasteiger partial charge in [-0.25, -0.2) is 4.79 Å². The molecule has 16 heavy (non-hydrogen) atoms. The summed E-state index contributed by atoms with van der Waals surface area (Å²) < 4.78 is 5.02. The highest BCUT2D eigenvalue weighted by molar-refractivity contribution is 5.81. The lowest BCUT2D eigenvalue weighted by molar-refractivity contribution is -0.148. The van der Waals surface area contributed by atoms with Gasteiger partial charge in [0, 0.05) is 6.08 Å². The minimum Gasteiger partial charge on any atom is -0.481 e. The summed E-state index contributed by atoms with van der Waals surface area (Å²) in [6, 6.07) is 0. The number of aliphatic carboxylic acids is 1. The van der Waals surface area contributed by atoms with Gasteiger partial charge in [-0.2, -0.15) is 0 Å². The van der Waals surface area contributed by atoms with Crippen LogP contribution < -0.4 is 0 Å². The van der Waals surface area contributed by atoms with Crippen molar-refractivity contribution in [1.29, 1.82) is 0 Å². The number of carboxylic acid groups (broad SMARTS) is 1. The van der Waals surface area contributed by atoms with E-state index in [1.165, 1.54) is 0 Å². The predicted octanol–water partition coefficient (Wildman–Crippen LogP) is 2.16. The molecule has 0 bridgehead atoms. The van der Waals surface area contributed by atoms with Gasteiger partial charge in [-0.05, 0) is 25.7 Å². The average Bonchev–Trinajstić information content (AvgIpc) is 2.32. The molecule has 1 N–H and O–H groups in total. The Kier molecular flexibility index (Phi) is 6.92. The summed E-state index contributed by atoms with van der Waals surface area (Å²) in [5, 5.41) is 8.73. The van der Waals surface area contributed by atoms with Crippen LogP contribution in [0.2, 0.25) is 0 Å². The maximum absolute atomic E-state index is 10.8. The van der Waals surface area contributed by atoms with Crippen molar-refractivity contribution in [2.75, 3.05) is 0 Å². The Morgan fingerprint density at radius 3 is 2.06 bits per heavy atom. The van der Waals surface area contributed by atoms with E-state index in [-0.39, 0.29) is 12.0 Å². The molecule has 0 radical (unpaired) electrons. The Balaban J connectivity index is 0.00000106. The molecule has 0 saturated heterocycles. The predicted molar refractivity (Wildman–Crippen MR) is 60.9 cm³/mol. The van der Waals surface area contributed by atoms with E-state index in [4.69, 9.17) is 9.84 Å². The van der Waals surface area contributed by atoms with Crippen molar-refractivity contribution in [2.24, 2.45) is 5.92 Å². The van der Waals surface area contributed by atoms with E-state index in [1.54, 1.807) is 0 Å². The maximum Gasteiger partial charge on any atom is 0.330 e. The Hall–Kier alpha value is -1.58. The SMILES string of the molecule is C=C.C=CC(=O)OC1CCC(C(=O)O)CC1. The van der Waals surface area contributed by atoms with Crippen molar-refractivity contribution in [3.05, 3.63) is 25.8 Å². The fraction of sp³-hybridized carbons (Fsp3) is 0.500. The number of carboxylic acids is 1. The highest BCUT2D eigenvalue weighted by Gasteiger charge is 2.27. The maximum atomic E-state index is 10.8. The first-order valence-corrected chi connectivity index (χ1v) is 5.19. The summed E-state index contributed by atoms with van der Waals surface area (Å²) in [4.78, 5) is 21.5. The second kappa shape index (κ2) is 7.68. The van der Waals surface area contributed by atoms with Gasteiger partial charge in [-0.1, -0.05) is 6.58 Å². The quantitative estimate of drug-likeness (QED) is 0.455. The number of carbonyl (C=O) groups is 2. The van der Waals surface area contributed by atoms with Crippen LogP contribution in [0, 0.1) is 5.92 Å². The summed E-state index contributed by atoms with van der Waals surface area (Å²) in [5.74, 6) is -1.45. The first-order valence-electron chi connectivity index (χ1n) is 5.19. The molecule has 1 aliphatic rings. The molecule has 1 saturated carbocycles. The summed E-state index contributed by atoms with van der Waals surface area (Å²) in [6.45, 7) is 9.30. The Morgan fingerprint density at radius 1 is 1.19 bits per heavy atom. The zero-order valence-corrected chi connectivity index (χ0v) is 9.35. The zero-order valence-electron chi connectivity index (χ0n) is 9.35. The van der Waals surface area contributed by atoms with Crippen LogP contribution in [0.25, 0.3) is 0 Å². The van der Waals surface area contributed by atoms with Gasteiger partial charge in [0.2, 0.25) is 0 Å². The molecular formula is C12H18O4. The fourth-order valence-electron chi connectivity index (χ4n) is 1.64. The summed E-state index contributed by atoms with van der Waals surface area (Å²) in [7, 11) is 0. The third kappa shape index (κ3) is 4.77. The van der Waals surface area contributed by atoms with E-state index in [9.17, 15) is 9.59 Å². The number of esters is 1. The van der Waals surface area contributed by atoms with Crippen LogP contribution in [0.1, 0.15) is 25.7 Å². The van der Waals surface area contributed by atoms with Crippen molar-refractivity contribution in [3.63, 3.8) is 0 Å². The molecule has 0 heterocycles. The van der Waals surface area contributed by atoms with Crippen molar-refractivity contribution in [2.45, 2.75) is 31.8 Å². The van der Waals surface area contributed by atoms with E-state index in [1.807, 2.05) is 0 Å². The van der Waals surface area contributed by atoms with Crippen LogP contribution in [-0.2, 0) is 14.3 Å².